The van der Waals surface area contributed by atoms with Crippen LogP contribution in [-0.2, 0) is 4.79 Å². The number of amides is 1. The van der Waals surface area contributed by atoms with Crippen molar-refractivity contribution in [2.45, 2.75) is 39.2 Å². The third-order valence-corrected chi connectivity index (χ3v) is 3.38. The molecule has 1 saturated carbocycles. The lowest BCUT2D eigenvalue weighted by molar-refractivity contribution is -0.116. The van der Waals surface area contributed by atoms with E-state index in [1.165, 1.54) is 0 Å². The first-order valence-electron chi connectivity index (χ1n) is 7.33. The van der Waals surface area contributed by atoms with Gasteiger partial charge in [0.2, 0.25) is 5.91 Å². The molecule has 0 heterocycles. The van der Waals surface area contributed by atoms with Gasteiger partial charge in [0.1, 0.15) is 5.75 Å². The van der Waals surface area contributed by atoms with Crippen molar-refractivity contribution in [3.63, 3.8) is 0 Å². The summed E-state index contributed by atoms with van der Waals surface area (Å²) < 4.78 is 5.72. The monoisotopic (exact) mass is 276 g/mol. The molecule has 1 amide bonds. The first-order valence-corrected chi connectivity index (χ1v) is 7.33. The van der Waals surface area contributed by atoms with E-state index in [0.717, 1.165) is 24.3 Å². The van der Waals surface area contributed by atoms with Gasteiger partial charge in [-0.1, -0.05) is 26.0 Å². The largest absolute Gasteiger partial charge is 0.491 e. The van der Waals surface area contributed by atoms with Gasteiger partial charge in [-0.2, -0.15) is 0 Å². The van der Waals surface area contributed by atoms with Crippen LogP contribution in [0.4, 0.5) is 5.69 Å². The van der Waals surface area contributed by atoms with E-state index in [2.05, 4.69) is 19.2 Å². The van der Waals surface area contributed by atoms with Gasteiger partial charge in [-0.25, -0.2) is 0 Å². The van der Waals surface area contributed by atoms with Gasteiger partial charge in [0.05, 0.1) is 12.3 Å². The fraction of sp³-hybridized carbons (Fsp3) is 0.562. The highest BCUT2D eigenvalue weighted by atomic mass is 16.5. The summed E-state index contributed by atoms with van der Waals surface area (Å²) in [7, 11) is 0. The smallest absolute Gasteiger partial charge is 0.226 e. The molecular formula is C16H24N2O2. The highest BCUT2D eigenvalue weighted by molar-refractivity contribution is 5.92. The number of para-hydroxylation sites is 2. The summed E-state index contributed by atoms with van der Waals surface area (Å²) >= 11 is 0. The number of benzene rings is 1. The Morgan fingerprint density at radius 2 is 2.10 bits per heavy atom. The third-order valence-electron chi connectivity index (χ3n) is 3.38. The summed E-state index contributed by atoms with van der Waals surface area (Å²) in [6.45, 7) is 4.82. The highest BCUT2D eigenvalue weighted by Gasteiger charge is 2.29. The molecule has 1 unspecified atom stereocenters. The van der Waals surface area contributed by atoms with E-state index in [4.69, 9.17) is 10.5 Å². The van der Waals surface area contributed by atoms with Gasteiger partial charge in [0, 0.05) is 12.5 Å². The molecule has 0 spiro atoms. The van der Waals surface area contributed by atoms with E-state index >= 15 is 0 Å². The maximum absolute atomic E-state index is 12.0. The molecule has 2 rings (SSSR count). The van der Waals surface area contributed by atoms with E-state index < -0.39 is 0 Å². The molecule has 1 aromatic rings. The number of nitrogens with two attached hydrogens (primary N) is 1. The minimum absolute atomic E-state index is 0.0151. The second-order valence-electron chi connectivity index (χ2n) is 5.95. The summed E-state index contributed by atoms with van der Waals surface area (Å²) in [6.07, 6.45) is 2.69. The number of ether oxygens (including phenoxy) is 1. The van der Waals surface area contributed by atoms with Crippen LogP contribution in [0.3, 0.4) is 0 Å². The Labute approximate surface area is 120 Å². The quantitative estimate of drug-likeness (QED) is 0.805. The average molecular weight is 276 g/mol. The number of nitrogens with one attached hydrogen (secondary N) is 1. The van der Waals surface area contributed by atoms with Crippen molar-refractivity contribution in [1.82, 2.24) is 0 Å². The molecule has 4 heteroatoms. The molecule has 1 aromatic carbocycles. The standard InChI is InChI=1S/C16H24N2O2/c1-11(2)10-20-15-6-4-3-5-14(15)18-16(19)9-13(17)12-7-8-12/h3-6,11-13H,7-10,17H2,1-2H3,(H,18,19). The van der Waals surface area contributed by atoms with Crippen LogP contribution in [0.25, 0.3) is 0 Å². The molecule has 3 N–H and O–H groups in total. The van der Waals surface area contributed by atoms with Crippen LogP contribution in [0, 0.1) is 11.8 Å². The Hall–Kier alpha value is -1.55. The van der Waals surface area contributed by atoms with E-state index in [9.17, 15) is 4.79 Å². The summed E-state index contributed by atoms with van der Waals surface area (Å²) in [5, 5.41) is 2.90. The van der Waals surface area contributed by atoms with Gasteiger partial charge in [-0.3, -0.25) is 4.79 Å². The lowest BCUT2D eigenvalue weighted by Crippen LogP contribution is -2.29. The van der Waals surface area contributed by atoms with Crippen LogP contribution < -0.4 is 15.8 Å². The van der Waals surface area contributed by atoms with E-state index in [1.54, 1.807) is 0 Å². The SMILES string of the molecule is CC(C)COc1ccccc1NC(=O)CC(N)C1CC1. The van der Waals surface area contributed by atoms with E-state index in [1.807, 2.05) is 24.3 Å². The van der Waals surface area contributed by atoms with Crippen molar-refractivity contribution in [1.29, 1.82) is 0 Å². The minimum Gasteiger partial charge on any atom is -0.491 e. The zero-order valence-corrected chi connectivity index (χ0v) is 12.3. The Kier molecular flexibility index (Phi) is 5.01. The molecule has 1 aliphatic carbocycles. The Morgan fingerprint density at radius 3 is 2.75 bits per heavy atom. The van der Waals surface area contributed by atoms with Gasteiger partial charge in [0.15, 0.2) is 0 Å². The van der Waals surface area contributed by atoms with Gasteiger partial charge >= 0.3 is 0 Å². The molecular weight excluding hydrogens is 252 g/mol. The number of anilines is 1. The van der Waals surface area contributed by atoms with E-state index in [0.29, 0.717) is 24.9 Å². The van der Waals surface area contributed by atoms with Crippen LogP contribution in [0.15, 0.2) is 24.3 Å². The van der Waals surface area contributed by atoms with Gasteiger partial charge in [0.25, 0.3) is 0 Å². The predicted octanol–water partition coefficient (Wildman–Crippen LogP) is 2.79. The zero-order chi connectivity index (χ0) is 14.5. The third kappa shape index (κ3) is 4.53. The molecule has 110 valence electrons. The number of carbonyl (C=O) groups excluding carboxylic acids is 1. The maximum atomic E-state index is 12.0. The normalized spacial score (nSPS) is 16.0. The van der Waals surface area contributed by atoms with Crippen molar-refractivity contribution >= 4 is 11.6 Å². The van der Waals surface area contributed by atoms with E-state index in [-0.39, 0.29) is 11.9 Å². The van der Waals surface area contributed by atoms with Crippen molar-refractivity contribution < 1.29 is 9.53 Å². The Balaban J connectivity index is 1.91. The second-order valence-corrected chi connectivity index (χ2v) is 5.95. The first kappa shape index (κ1) is 14.9. The predicted molar refractivity (Wildman–Crippen MR) is 80.7 cm³/mol. The zero-order valence-electron chi connectivity index (χ0n) is 12.3. The molecule has 0 aliphatic heterocycles. The van der Waals surface area contributed by atoms with Crippen LogP contribution in [-0.4, -0.2) is 18.6 Å². The van der Waals surface area contributed by atoms with Crippen LogP contribution >= 0.6 is 0 Å². The van der Waals surface area contributed by atoms with Gasteiger partial charge < -0.3 is 15.8 Å². The van der Waals surface area contributed by atoms with Gasteiger partial charge in [-0.15, -0.1) is 0 Å². The molecule has 0 aromatic heterocycles. The average Bonchev–Trinajstić information content (AvgIpc) is 3.21. The maximum Gasteiger partial charge on any atom is 0.226 e. The molecule has 1 aliphatic rings. The van der Waals surface area contributed by atoms with Crippen molar-refractivity contribution in [2.75, 3.05) is 11.9 Å². The van der Waals surface area contributed by atoms with Crippen LogP contribution in [0.2, 0.25) is 0 Å². The molecule has 0 radical (unpaired) electrons. The fourth-order valence-electron chi connectivity index (χ4n) is 2.06. The van der Waals surface area contributed by atoms with Crippen LogP contribution in [0.5, 0.6) is 5.75 Å². The lowest BCUT2D eigenvalue weighted by Gasteiger charge is -2.15. The minimum atomic E-state index is -0.0370. The van der Waals surface area contributed by atoms with Crippen molar-refractivity contribution in [3.05, 3.63) is 24.3 Å². The molecule has 0 bridgehead atoms. The fourth-order valence-corrected chi connectivity index (χ4v) is 2.06. The lowest BCUT2D eigenvalue weighted by atomic mass is 10.1. The summed E-state index contributed by atoms with van der Waals surface area (Å²) in [5.41, 5.74) is 6.70. The molecule has 1 fully saturated rings. The second kappa shape index (κ2) is 6.75. The van der Waals surface area contributed by atoms with Gasteiger partial charge in [-0.05, 0) is 36.8 Å². The number of rotatable bonds is 7. The summed E-state index contributed by atoms with van der Waals surface area (Å²) in [5.74, 6) is 1.66. The number of hydrogen-bond acceptors (Lipinski definition) is 3. The molecule has 1 atom stereocenters. The molecule has 20 heavy (non-hydrogen) atoms. The number of hydrogen-bond donors (Lipinski definition) is 2. The van der Waals surface area contributed by atoms with Crippen molar-refractivity contribution in [2.24, 2.45) is 17.6 Å². The Morgan fingerprint density at radius 1 is 1.40 bits per heavy atom. The Bertz CT molecular complexity index is 456. The topological polar surface area (TPSA) is 64.3 Å². The summed E-state index contributed by atoms with van der Waals surface area (Å²) in [6, 6.07) is 7.51. The summed E-state index contributed by atoms with van der Waals surface area (Å²) in [4.78, 5) is 12.0. The molecule has 4 nitrogen and oxygen atoms in total. The van der Waals surface area contributed by atoms with Crippen LogP contribution in [0.1, 0.15) is 33.1 Å². The number of carbonyl (C=O) groups is 1. The first-order chi connectivity index (χ1) is 9.56. The highest BCUT2D eigenvalue weighted by Crippen LogP contribution is 2.33. The van der Waals surface area contributed by atoms with Crippen molar-refractivity contribution in [3.8, 4) is 5.75 Å². The molecule has 0 saturated heterocycles.